The Morgan fingerprint density at radius 2 is 1.87 bits per heavy atom. The topological polar surface area (TPSA) is 88.1 Å². The van der Waals surface area contributed by atoms with E-state index in [1.54, 1.807) is 36.4 Å². The second kappa shape index (κ2) is 10.7. The second-order valence-electron chi connectivity index (χ2n) is 9.87. The van der Waals surface area contributed by atoms with E-state index in [9.17, 15) is 17.9 Å². The molecule has 0 amide bonds. The molecular formula is C29H31FN2O5S. The fourth-order valence-electron chi connectivity index (χ4n) is 5.00. The molecule has 0 aromatic heterocycles. The zero-order chi connectivity index (χ0) is 26.9. The number of halogens is 1. The van der Waals surface area contributed by atoms with Crippen LogP contribution in [0.1, 0.15) is 29.7 Å². The molecule has 1 fully saturated rings. The summed E-state index contributed by atoms with van der Waals surface area (Å²) in [6.07, 6.45) is 0.650. The number of hydrogen-bond donors (Lipinski definition) is 2. The van der Waals surface area contributed by atoms with Gasteiger partial charge in [0.1, 0.15) is 30.0 Å². The quantitative estimate of drug-likeness (QED) is 0.394. The van der Waals surface area contributed by atoms with Crippen LogP contribution < -0.4 is 14.2 Å². The monoisotopic (exact) mass is 538 g/mol. The van der Waals surface area contributed by atoms with E-state index < -0.39 is 16.1 Å². The van der Waals surface area contributed by atoms with E-state index in [0.717, 1.165) is 59.5 Å². The molecule has 0 aliphatic carbocycles. The van der Waals surface area contributed by atoms with Gasteiger partial charge in [0.05, 0.1) is 12.9 Å². The van der Waals surface area contributed by atoms with E-state index in [0.29, 0.717) is 18.0 Å². The number of sulfonamides is 1. The third-order valence-electron chi connectivity index (χ3n) is 6.87. The molecule has 0 radical (unpaired) electrons. The van der Waals surface area contributed by atoms with Gasteiger partial charge in [-0.2, -0.15) is 0 Å². The molecule has 38 heavy (non-hydrogen) atoms. The Balaban J connectivity index is 1.42. The first kappa shape index (κ1) is 26.1. The predicted molar refractivity (Wildman–Crippen MR) is 147 cm³/mol. The number of ether oxygens (including phenoxy) is 2. The number of hydrogen-bond acceptors (Lipinski definition) is 6. The van der Waals surface area contributed by atoms with Crippen LogP contribution in [0.4, 0.5) is 10.1 Å². The lowest BCUT2D eigenvalue weighted by Gasteiger charge is -2.37. The fraction of sp³-hybridized carbons (Fsp3) is 0.310. The molecule has 2 heterocycles. The maximum Gasteiger partial charge on any atom is 0.229 e. The van der Waals surface area contributed by atoms with Crippen molar-refractivity contribution in [3.05, 3.63) is 83.4 Å². The van der Waals surface area contributed by atoms with E-state index in [1.165, 1.54) is 0 Å². The molecule has 5 rings (SSSR count). The highest BCUT2D eigenvalue weighted by Crippen LogP contribution is 2.47. The molecule has 3 aromatic carbocycles. The highest BCUT2D eigenvalue weighted by molar-refractivity contribution is 7.92. The molecule has 3 aromatic rings. The van der Waals surface area contributed by atoms with Crippen LogP contribution in [0.5, 0.6) is 17.2 Å². The number of rotatable bonds is 9. The molecule has 200 valence electrons. The van der Waals surface area contributed by atoms with Gasteiger partial charge in [-0.1, -0.05) is 24.3 Å². The lowest BCUT2D eigenvalue weighted by Crippen LogP contribution is -2.49. The maximum absolute atomic E-state index is 12.6. The summed E-state index contributed by atoms with van der Waals surface area (Å²) in [5.74, 6) is 1.68. The molecule has 0 saturated carbocycles. The van der Waals surface area contributed by atoms with Gasteiger partial charge in [0.25, 0.3) is 0 Å². The minimum Gasteiger partial charge on any atom is -0.508 e. The van der Waals surface area contributed by atoms with Crippen LogP contribution in [0.25, 0.3) is 11.1 Å². The molecule has 1 unspecified atom stereocenters. The van der Waals surface area contributed by atoms with Crippen molar-refractivity contribution in [2.75, 3.05) is 43.9 Å². The van der Waals surface area contributed by atoms with Gasteiger partial charge in [0.2, 0.25) is 10.0 Å². The molecule has 2 aliphatic heterocycles. The summed E-state index contributed by atoms with van der Waals surface area (Å²) in [5.41, 5.74) is 4.73. The Hall–Kier alpha value is -3.56. The minimum atomic E-state index is -3.44. The normalized spacial score (nSPS) is 17.9. The molecule has 7 nitrogen and oxygen atoms in total. The Kier molecular flexibility index (Phi) is 7.32. The van der Waals surface area contributed by atoms with Crippen LogP contribution in [-0.2, 0) is 10.0 Å². The number of aromatic hydroxyl groups is 1. The van der Waals surface area contributed by atoms with Crippen molar-refractivity contribution in [1.82, 2.24) is 4.90 Å². The Labute approximate surface area is 222 Å². The van der Waals surface area contributed by atoms with Gasteiger partial charge in [-0.15, -0.1) is 0 Å². The number of nitrogens with one attached hydrogen (secondary N) is 1. The van der Waals surface area contributed by atoms with Crippen molar-refractivity contribution in [2.45, 2.75) is 13.0 Å². The minimum absolute atomic E-state index is 0.136. The summed E-state index contributed by atoms with van der Waals surface area (Å²) in [5, 5.41) is 10.1. The SMILES string of the molecule is CC1=C(c2cccc(NS(C)(=O)=O)c2)C(c2ccc(OCCN3CC(CF)C3)cc2)Oc2ccc(O)cc21. The maximum atomic E-state index is 12.6. The van der Waals surface area contributed by atoms with E-state index in [-0.39, 0.29) is 18.3 Å². The number of nitrogens with zero attached hydrogens (tertiary/aromatic N) is 1. The van der Waals surface area contributed by atoms with Crippen molar-refractivity contribution in [2.24, 2.45) is 5.92 Å². The molecule has 0 bridgehead atoms. The van der Waals surface area contributed by atoms with Crippen molar-refractivity contribution >= 4 is 26.9 Å². The summed E-state index contributed by atoms with van der Waals surface area (Å²) in [6.45, 7) is 4.57. The van der Waals surface area contributed by atoms with Crippen LogP contribution in [0.15, 0.2) is 66.7 Å². The number of fused-ring (bicyclic) bond motifs is 1. The number of allylic oxidation sites excluding steroid dienone is 1. The highest BCUT2D eigenvalue weighted by Gasteiger charge is 2.30. The molecule has 1 atom stereocenters. The van der Waals surface area contributed by atoms with Gasteiger partial charge in [0.15, 0.2) is 0 Å². The van der Waals surface area contributed by atoms with Gasteiger partial charge in [-0.05, 0) is 66.1 Å². The standard InChI is InChI=1S/C29H31FN2O5S/c1-19-26-15-24(33)8-11-27(26)37-29(28(19)22-4-3-5-23(14-22)31-38(2,34)35)21-6-9-25(10-7-21)36-13-12-32-17-20(16-30)18-32/h3-11,14-15,20,29,31,33H,12-13,16-18H2,1-2H3. The largest absolute Gasteiger partial charge is 0.508 e. The zero-order valence-electron chi connectivity index (χ0n) is 21.4. The van der Waals surface area contributed by atoms with Crippen molar-refractivity contribution in [1.29, 1.82) is 0 Å². The van der Waals surface area contributed by atoms with E-state index >= 15 is 0 Å². The van der Waals surface area contributed by atoms with Crippen LogP contribution in [0, 0.1) is 5.92 Å². The summed E-state index contributed by atoms with van der Waals surface area (Å²) in [4.78, 5) is 2.18. The smallest absolute Gasteiger partial charge is 0.229 e. The van der Waals surface area contributed by atoms with Gasteiger partial charge in [-0.25, -0.2) is 8.42 Å². The molecular weight excluding hydrogens is 507 g/mol. The Bertz CT molecular complexity index is 1450. The predicted octanol–water partition coefficient (Wildman–Crippen LogP) is 5.11. The molecule has 0 spiro atoms. The first-order valence-corrected chi connectivity index (χ1v) is 14.4. The van der Waals surface area contributed by atoms with Crippen molar-refractivity contribution in [3.8, 4) is 17.2 Å². The average molecular weight is 539 g/mol. The summed E-state index contributed by atoms with van der Waals surface area (Å²) in [6, 6.07) is 19.9. The number of phenolic OH excluding ortho intramolecular Hbond substituents is 1. The first-order chi connectivity index (χ1) is 18.2. The highest BCUT2D eigenvalue weighted by atomic mass is 32.2. The third kappa shape index (κ3) is 5.79. The molecule has 2 aliphatic rings. The average Bonchev–Trinajstić information content (AvgIpc) is 2.85. The fourth-order valence-corrected chi connectivity index (χ4v) is 5.55. The number of anilines is 1. The summed E-state index contributed by atoms with van der Waals surface area (Å²) < 4.78 is 51.2. The van der Waals surface area contributed by atoms with Crippen LogP contribution in [0.2, 0.25) is 0 Å². The summed E-state index contributed by atoms with van der Waals surface area (Å²) in [7, 11) is -3.44. The number of phenols is 1. The van der Waals surface area contributed by atoms with Crippen molar-refractivity contribution in [3.63, 3.8) is 0 Å². The van der Waals surface area contributed by atoms with Crippen LogP contribution in [-0.4, -0.2) is 57.6 Å². The van der Waals surface area contributed by atoms with E-state index in [1.807, 2.05) is 37.3 Å². The lowest BCUT2D eigenvalue weighted by molar-refractivity contribution is 0.0668. The first-order valence-electron chi connectivity index (χ1n) is 12.5. The Morgan fingerprint density at radius 3 is 2.58 bits per heavy atom. The number of likely N-dealkylation sites (tertiary alicyclic amines) is 1. The van der Waals surface area contributed by atoms with Gasteiger partial charge < -0.3 is 14.6 Å². The lowest BCUT2D eigenvalue weighted by atomic mass is 9.86. The second-order valence-corrected chi connectivity index (χ2v) is 11.6. The Morgan fingerprint density at radius 1 is 1.11 bits per heavy atom. The zero-order valence-corrected chi connectivity index (χ0v) is 22.2. The van der Waals surface area contributed by atoms with Crippen LogP contribution in [0.3, 0.4) is 0 Å². The van der Waals surface area contributed by atoms with E-state index in [4.69, 9.17) is 9.47 Å². The number of alkyl halides is 1. The van der Waals surface area contributed by atoms with Gasteiger partial charge >= 0.3 is 0 Å². The van der Waals surface area contributed by atoms with Gasteiger partial charge in [0, 0.05) is 42.4 Å². The van der Waals surface area contributed by atoms with Gasteiger partial charge in [-0.3, -0.25) is 14.0 Å². The molecule has 2 N–H and O–H groups in total. The molecule has 1 saturated heterocycles. The number of benzene rings is 3. The van der Waals surface area contributed by atoms with E-state index in [2.05, 4.69) is 9.62 Å². The summed E-state index contributed by atoms with van der Waals surface area (Å²) >= 11 is 0. The van der Waals surface area contributed by atoms with Crippen LogP contribution >= 0.6 is 0 Å². The molecule has 9 heteroatoms. The third-order valence-corrected chi connectivity index (χ3v) is 7.47. The van der Waals surface area contributed by atoms with Crippen molar-refractivity contribution < 1.29 is 27.4 Å².